The van der Waals surface area contributed by atoms with Crippen LogP contribution >= 0.6 is 23.2 Å². The van der Waals surface area contributed by atoms with Gasteiger partial charge in [0, 0.05) is 47.2 Å². The first-order valence-electron chi connectivity index (χ1n) is 13.3. The van der Waals surface area contributed by atoms with Crippen molar-refractivity contribution in [1.82, 2.24) is 9.80 Å². The molecule has 2 heterocycles. The molecule has 0 saturated carbocycles. The fourth-order valence-electron chi connectivity index (χ4n) is 5.41. The zero-order chi connectivity index (χ0) is 29.1. The summed E-state index contributed by atoms with van der Waals surface area (Å²) in [5.41, 5.74) is 0.753. The lowest BCUT2D eigenvalue weighted by molar-refractivity contribution is -0.220. The summed E-state index contributed by atoms with van der Waals surface area (Å²) in [7, 11) is 0. The number of amides is 1. The van der Waals surface area contributed by atoms with Crippen LogP contribution in [0.1, 0.15) is 44.2 Å². The predicted molar refractivity (Wildman–Crippen MR) is 146 cm³/mol. The molecule has 11 heteroatoms. The summed E-state index contributed by atoms with van der Waals surface area (Å²) in [6, 6.07) is 12.3. The normalized spacial score (nSPS) is 19.3. The third kappa shape index (κ3) is 7.22. The molecule has 0 bridgehead atoms. The topological polar surface area (TPSA) is 59.1 Å². The van der Waals surface area contributed by atoms with E-state index >= 15 is 0 Å². The van der Waals surface area contributed by atoms with Gasteiger partial charge in [-0.3, -0.25) is 9.69 Å². The van der Waals surface area contributed by atoms with Gasteiger partial charge in [0.05, 0.1) is 13.0 Å². The van der Waals surface area contributed by atoms with Crippen molar-refractivity contribution >= 4 is 35.1 Å². The molecule has 6 nitrogen and oxygen atoms in total. The number of carbonyl (C=O) groups is 2. The molecule has 218 valence electrons. The summed E-state index contributed by atoms with van der Waals surface area (Å²) in [5.74, 6) is -1.38. The number of benzene rings is 2. The van der Waals surface area contributed by atoms with Crippen molar-refractivity contribution in [2.45, 2.75) is 58.5 Å². The van der Waals surface area contributed by atoms with Crippen LogP contribution in [0.3, 0.4) is 0 Å². The van der Waals surface area contributed by atoms with E-state index in [1.54, 1.807) is 28.0 Å². The third-order valence-electron chi connectivity index (χ3n) is 7.59. The van der Waals surface area contributed by atoms with E-state index in [1.807, 2.05) is 38.1 Å². The zero-order valence-electron chi connectivity index (χ0n) is 22.5. The SMILES string of the molecule is CC(C)COc1ccccc1CN1CCC2(CCN(C(=O)Cc3ccc(Cl)cc3Cl)CC2)C1OC(=O)C(F)(F)F. The minimum Gasteiger partial charge on any atom is -0.493 e. The first kappa shape index (κ1) is 30.5. The lowest BCUT2D eigenvalue weighted by Crippen LogP contribution is -2.51. The van der Waals surface area contributed by atoms with Crippen LogP contribution in [-0.2, 0) is 27.3 Å². The molecular weight excluding hydrogens is 568 g/mol. The first-order chi connectivity index (χ1) is 18.9. The van der Waals surface area contributed by atoms with Crippen LogP contribution in [0.2, 0.25) is 10.0 Å². The number of rotatable bonds is 8. The van der Waals surface area contributed by atoms with Gasteiger partial charge < -0.3 is 14.4 Å². The van der Waals surface area contributed by atoms with Gasteiger partial charge in [-0.1, -0.05) is 61.3 Å². The van der Waals surface area contributed by atoms with E-state index in [2.05, 4.69) is 0 Å². The maximum Gasteiger partial charge on any atom is 0.490 e. The highest BCUT2D eigenvalue weighted by atomic mass is 35.5. The van der Waals surface area contributed by atoms with Crippen LogP contribution in [-0.4, -0.2) is 60.3 Å². The Morgan fingerprint density at radius 1 is 1.02 bits per heavy atom. The standard InChI is InChI=1S/C29H33Cl2F3N2O4/c1-19(2)18-39-24-6-4-3-5-21(24)17-36-14-11-28(26(36)40-27(38)29(32,33)34)9-12-35(13-10-28)25(37)15-20-7-8-22(30)16-23(20)31/h3-8,16,19,26H,9-15,17-18H2,1-2H3. The molecule has 0 aromatic heterocycles. The molecule has 0 aliphatic carbocycles. The van der Waals surface area contributed by atoms with Crippen LogP contribution in [0.25, 0.3) is 0 Å². The van der Waals surface area contributed by atoms with Gasteiger partial charge >= 0.3 is 12.1 Å². The molecule has 2 fully saturated rings. The number of piperidine rings is 1. The number of ether oxygens (including phenoxy) is 2. The fraction of sp³-hybridized carbons (Fsp3) is 0.517. The van der Waals surface area contributed by atoms with Crippen molar-refractivity contribution in [3.05, 3.63) is 63.6 Å². The predicted octanol–water partition coefficient (Wildman–Crippen LogP) is 6.52. The molecule has 1 amide bonds. The number of nitrogens with zero attached hydrogens (tertiary/aromatic N) is 2. The second-order valence-electron chi connectivity index (χ2n) is 10.9. The molecule has 0 radical (unpaired) electrons. The van der Waals surface area contributed by atoms with Crippen LogP contribution in [0, 0.1) is 11.3 Å². The van der Waals surface area contributed by atoms with E-state index in [1.165, 1.54) is 0 Å². The van der Waals surface area contributed by atoms with Gasteiger partial charge in [-0.05, 0) is 48.9 Å². The minimum atomic E-state index is -5.11. The Hall–Kier alpha value is -2.49. The molecule has 2 aromatic rings. The number of para-hydroxylation sites is 1. The summed E-state index contributed by atoms with van der Waals surface area (Å²) in [6.07, 6.45) is -4.74. The first-order valence-corrected chi connectivity index (χ1v) is 14.1. The molecular formula is C29H33Cl2F3N2O4. The van der Waals surface area contributed by atoms with E-state index in [9.17, 15) is 22.8 Å². The quantitative estimate of drug-likeness (QED) is 0.323. The highest BCUT2D eigenvalue weighted by Gasteiger charge is 2.54. The highest BCUT2D eigenvalue weighted by molar-refractivity contribution is 6.35. The molecule has 2 saturated heterocycles. The molecule has 40 heavy (non-hydrogen) atoms. The van der Waals surface area contributed by atoms with E-state index in [0.29, 0.717) is 72.8 Å². The van der Waals surface area contributed by atoms with Gasteiger partial charge in [0.15, 0.2) is 6.23 Å². The van der Waals surface area contributed by atoms with Crippen LogP contribution in [0.5, 0.6) is 5.75 Å². The van der Waals surface area contributed by atoms with E-state index in [-0.39, 0.29) is 18.9 Å². The molecule has 1 unspecified atom stereocenters. The van der Waals surface area contributed by atoms with Crippen molar-refractivity contribution < 1.29 is 32.2 Å². The van der Waals surface area contributed by atoms with Crippen molar-refractivity contribution in [3.8, 4) is 5.75 Å². The van der Waals surface area contributed by atoms with Crippen LogP contribution < -0.4 is 4.74 Å². The summed E-state index contributed by atoms with van der Waals surface area (Å²) in [6.45, 7) is 5.95. The number of hydrogen-bond donors (Lipinski definition) is 0. The highest BCUT2D eigenvalue weighted by Crippen LogP contribution is 2.47. The Morgan fingerprint density at radius 2 is 1.70 bits per heavy atom. The molecule has 2 aromatic carbocycles. The van der Waals surface area contributed by atoms with Gasteiger partial charge in [-0.25, -0.2) is 4.79 Å². The Labute approximate surface area is 242 Å². The average molecular weight is 601 g/mol. The minimum absolute atomic E-state index is 0.0920. The van der Waals surface area contributed by atoms with Gasteiger partial charge in [0.25, 0.3) is 0 Å². The van der Waals surface area contributed by atoms with Crippen molar-refractivity contribution in [3.63, 3.8) is 0 Å². The van der Waals surface area contributed by atoms with Gasteiger partial charge in [-0.15, -0.1) is 0 Å². The monoisotopic (exact) mass is 600 g/mol. The largest absolute Gasteiger partial charge is 0.493 e. The number of alkyl halides is 3. The molecule has 1 atom stereocenters. The Kier molecular flexibility index (Phi) is 9.58. The second kappa shape index (κ2) is 12.6. The average Bonchev–Trinajstić information content (AvgIpc) is 3.20. The lowest BCUT2D eigenvalue weighted by Gasteiger charge is -2.43. The van der Waals surface area contributed by atoms with E-state index in [0.717, 1.165) is 5.56 Å². The number of hydrogen-bond acceptors (Lipinski definition) is 5. The third-order valence-corrected chi connectivity index (χ3v) is 8.18. The molecule has 4 rings (SSSR count). The lowest BCUT2D eigenvalue weighted by atomic mass is 9.76. The maximum atomic E-state index is 13.3. The van der Waals surface area contributed by atoms with Crippen molar-refractivity contribution in [1.29, 1.82) is 0 Å². The van der Waals surface area contributed by atoms with Gasteiger partial charge in [0.1, 0.15) is 5.75 Å². The van der Waals surface area contributed by atoms with Crippen LogP contribution in [0.4, 0.5) is 13.2 Å². The molecule has 1 spiro atoms. The van der Waals surface area contributed by atoms with E-state index in [4.69, 9.17) is 32.7 Å². The number of carbonyl (C=O) groups excluding carboxylic acids is 2. The Bertz CT molecular complexity index is 1220. The van der Waals surface area contributed by atoms with Crippen LogP contribution in [0.15, 0.2) is 42.5 Å². The Morgan fingerprint density at radius 3 is 2.35 bits per heavy atom. The second-order valence-corrected chi connectivity index (χ2v) is 11.8. The number of halogens is 5. The Balaban J connectivity index is 1.49. The van der Waals surface area contributed by atoms with Crippen molar-refractivity contribution in [2.24, 2.45) is 11.3 Å². The van der Waals surface area contributed by atoms with Crippen molar-refractivity contribution in [2.75, 3.05) is 26.2 Å². The molecule has 0 N–H and O–H groups in total. The summed E-state index contributed by atoms with van der Waals surface area (Å²) in [4.78, 5) is 28.5. The number of likely N-dealkylation sites (tertiary alicyclic amines) is 2. The van der Waals surface area contributed by atoms with Gasteiger partial charge in [0.2, 0.25) is 5.91 Å². The zero-order valence-corrected chi connectivity index (χ0v) is 24.0. The summed E-state index contributed by atoms with van der Waals surface area (Å²) < 4.78 is 51.0. The fourth-order valence-corrected chi connectivity index (χ4v) is 5.89. The summed E-state index contributed by atoms with van der Waals surface area (Å²) in [5, 5.41) is 0.873. The smallest absolute Gasteiger partial charge is 0.490 e. The summed E-state index contributed by atoms with van der Waals surface area (Å²) >= 11 is 12.2. The molecule has 2 aliphatic heterocycles. The van der Waals surface area contributed by atoms with Gasteiger partial charge in [-0.2, -0.15) is 13.2 Å². The maximum absolute atomic E-state index is 13.3. The number of esters is 1. The van der Waals surface area contributed by atoms with E-state index < -0.39 is 23.8 Å². The molecule has 2 aliphatic rings.